The van der Waals surface area contributed by atoms with E-state index in [9.17, 15) is 4.79 Å². The Morgan fingerprint density at radius 1 is 1.09 bits per heavy atom. The summed E-state index contributed by atoms with van der Waals surface area (Å²) in [5.74, 6) is 1.24. The third kappa shape index (κ3) is 9.43. The van der Waals surface area contributed by atoms with E-state index in [2.05, 4.69) is 20.9 Å². The van der Waals surface area contributed by atoms with Crippen LogP contribution in [-0.2, 0) is 9.53 Å². The summed E-state index contributed by atoms with van der Waals surface area (Å²) < 4.78 is 5.30. The SMILES string of the molecule is CCNC(=NCCCOCC)NCCNC(=O)C1CCCCC1. The van der Waals surface area contributed by atoms with Gasteiger partial charge < -0.3 is 20.7 Å². The monoisotopic (exact) mass is 326 g/mol. The normalized spacial score (nSPS) is 16.2. The molecule has 1 saturated carbocycles. The average molecular weight is 326 g/mol. The van der Waals surface area contributed by atoms with Crippen molar-refractivity contribution in [2.75, 3.05) is 39.4 Å². The number of hydrogen-bond acceptors (Lipinski definition) is 3. The van der Waals surface area contributed by atoms with E-state index in [-0.39, 0.29) is 11.8 Å². The molecule has 0 aromatic rings. The fourth-order valence-corrected chi connectivity index (χ4v) is 2.72. The summed E-state index contributed by atoms with van der Waals surface area (Å²) in [7, 11) is 0. The third-order valence-electron chi connectivity index (χ3n) is 3.96. The van der Waals surface area contributed by atoms with Gasteiger partial charge in [0.05, 0.1) is 0 Å². The van der Waals surface area contributed by atoms with E-state index in [1.54, 1.807) is 0 Å². The highest BCUT2D eigenvalue weighted by molar-refractivity contribution is 5.80. The molecular formula is C17H34N4O2. The molecule has 1 rings (SSSR count). The Bertz CT molecular complexity index is 341. The number of carbonyl (C=O) groups is 1. The van der Waals surface area contributed by atoms with Gasteiger partial charge in [-0.1, -0.05) is 19.3 Å². The zero-order chi connectivity index (χ0) is 16.8. The maximum atomic E-state index is 12.0. The lowest BCUT2D eigenvalue weighted by molar-refractivity contribution is -0.125. The van der Waals surface area contributed by atoms with Crippen LogP contribution in [-0.4, -0.2) is 51.3 Å². The van der Waals surface area contributed by atoms with Crippen molar-refractivity contribution in [2.45, 2.75) is 52.4 Å². The standard InChI is InChI=1S/C17H34N4O2/c1-3-18-17(20-11-8-14-23-4-2)21-13-12-19-16(22)15-9-6-5-7-10-15/h15H,3-14H2,1-2H3,(H,19,22)(H2,18,20,21). The molecule has 0 aromatic heterocycles. The van der Waals surface area contributed by atoms with Crippen LogP contribution in [0, 0.1) is 5.92 Å². The third-order valence-corrected chi connectivity index (χ3v) is 3.96. The minimum Gasteiger partial charge on any atom is -0.382 e. The van der Waals surface area contributed by atoms with Crippen LogP contribution in [0.25, 0.3) is 0 Å². The van der Waals surface area contributed by atoms with Gasteiger partial charge in [0.25, 0.3) is 0 Å². The smallest absolute Gasteiger partial charge is 0.223 e. The van der Waals surface area contributed by atoms with Gasteiger partial charge in [-0.15, -0.1) is 0 Å². The molecule has 0 radical (unpaired) electrons. The number of nitrogens with zero attached hydrogens (tertiary/aromatic N) is 1. The topological polar surface area (TPSA) is 74.8 Å². The molecule has 1 aliphatic rings. The molecule has 0 unspecified atom stereocenters. The van der Waals surface area contributed by atoms with Gasteiger partial charge in [-0.05, 0) is 33.1 Å². The minimum atomic E-state index is 0.213. The minimum absolute atomic E-state index is 0.213. The number of ether oxygens (including phenoxy) is 1. The van der Waals surface area contributed by atoms with E-state index in [1.165, 1.54) is 19.3 Å². The number of hydrogen-bond donors (Lipinski definition) is 3. The van der Waals surface area contributed by atoms with Crippen molar-refractivity contribution in [3.8, 4) is 0 Å². The Balaban J connectivity index is 2.16. The van der Waals surface area contributed by atoms with E-state index in [0.717, 1.165) is 51.5 Å². The Morgan fingerprint density at radius 2 is 1.83 bits per heavy atom. The van der Waals surface area contributed by atoms with Crippen molar-refractivity contribution in [3.63, 3.8) is 0 Å². The molecule has 1 aliphatic carbocycles. The summed E-state index contributed by atoms with van der Waals surface area (Å²) in [6, 6.07) is 0. The molecule has 0 spiro atoms. The lowest BCUT2D eigenvalue weighted by atomic mass is 9.89. The molecule has 0 heterocycles. The molecule has 0 aromatic carbocycles. The lowest BCUT2D eigenvalue weighted by Gasteiger charge is -2.21. The van der Waals surface area contributed by atoms with E-state index < -0.39 is 0 Å². The number of carbonyl (C=O) groups excluding carboxylic acids is 1. The van der Waals surface area contributed by atoms with Crippen molar-refractivity contribution >= 4 is 11.9 Å². The second-order valence-corrected chi connectivity index (χ2v) is 5.86. The number of amides is 1. The van der Waals surface area contributed by atoms with Crippen LogP contribution < -0.4 is 16.0 Å². The quantitative estimate of drug-likeness (QED) is 0.324. The van der Waals surface area contributed by atoms with Gasteiger partial charge in [0.15, 0.2) is 5.96 Å². The maximum Gasteiger partial charge on any atom is 0.223 e. The molecular weight excluding hydrogens is 292 g/mol. The second kappa shape index (κ2) is 13.2. The van der Waals surface area contributed by atoms with Crippen molar-refractivity contribution in [1.29, 1.82) is 0 Å². The van der Waals surface area contributed by atoms with Gasteiger partial charge in [-0.2, -0.15) is 0 Å². The van der Waals surface area contributed by atoms with Crippen LogP contribution in [0.1, 0.15) is 52.4 Å². The highest BCUT2D eigenvalue weighted by Crippen LogP contribution is 2.23. The molecule has 1 amide bonds. The van der Waals surface area contributed by atoms with Crippen molar-refractivity contribution in [2.24, 2.45) is 10.9 Å². The number of aliphatic imine (C=N–C) groups is 1. The van der Waals surface area contributed by atoms with Crippen molar-refractivity contribution in [3.05, 3.63) is 0 Å². The Kier molecular flexibility index (Phi) is 11.3. The summed E-state index contributed by atoms with van der Waals surface area (Å²) in [5.41, 5.74) is 0. The molecule has 0 bridgehead atoms. The molecule has 0 aliphatic heterocycles. The average Bonchev–Trinajstić information content (AvgIpc) is 2.59. The maximum absolute atomic E-state index is 12.0. The molecule has 23 heavy (non-hydrogen) atoms. The number of rotatable bonds is 10. The van der Waals surface area contributed by atoms with Crippen LogP contribution in [0.2, 0.25) is 0 Å². The Hall–Kier alpha value is -1.30. The zero-order valence-electron chi connectivity index (χ0n) is 14.8. The zero-order valence-corrected chi connectivity index (χ0v) is 14.8. The van der Waals surface area contributed by atoms with Crippen LogP contribution in [0.15, 0.2) is 4.99 Å². The summed E-state index contributed by atoms with van der Waals surface area (Å²) in [5, 5.41) is 9.49. The van der Waals surface area contributed by atoms with Gasteiger partial charge in [0.1, 0.15) is 0 Å². The first-order valence-corrected chi connectivity index (χ1v) is 9.15. The first kappa shape index (κ1) is 19.7. The van der Waals surface area contributed by atoms with Crippen molar-refractivity contribution in [1.82, 2.24) is 16.0 Å². The predicted molar refractivity (Wildman–Crippen MR) is 94.7 cm³/mol. The largest absolute Gasteiger partial charge is 0.382 e. The van der Waals surface area contributed by atoms with E-state index in [4.69, 9.17) is 4.74 Å². The summed E-state index contributed by atoms with van der Waals surface area (Å²) in [4.78, 5) is 16.5. The van der Waals surface area contributed by atoms with Crippen LogP contribution in [0.5, 0.6) is 0 Å². The van der Waals surface area contributed by atoms with Crippen molar-refractivity contribution < 1.29 is 9.53 Å². The molecule has 6 heteroatoms. The van der Waals surface area contributed by atoms with Gasteiger partial charge >= 0.3 is 0 Å². The van der Waals surface area contributed by atoms with Crippen LogP contribution in [0.4, 0.5) is 0 Å². The summed E-state index contributed by atoms with van der Waals surface area (Å²) >= 11 is 0. The van der Waals surface area contributed by atoms with Crippen LogP contribution in [0.3, 0.4) is 0 Å². The van der Waals surface area contributed by atoms with Gasteiger partial charge in [-0.3, -0.25) is 9.79 Å². The fraction of sp³-hybridized carbons (Fsp3) is 0.882. The first-order chi connectivity index (χ1) is 11.3. The fourth-order valence-electron chi connectivity index (χ4n) is 2.72. The predicted octanol–water partition coefficient (Wildman–Crippen LogP) is 1.66. The van der Waals surface area contributed by atoms with Gasteiger partial charge in [0, 0.05) is 45.3 Å². The van der Waals surface area contributed by atoms with Gasteiger partial charge in [-0.25, -0.2) is 0 Å². The molecule has 0 atom stereocenters. The molecule has 1 fully saturated rings. The highest BCUT2D eigenvalue weighted by atomic mass is 16.5. The van der Waals surface area contributed by atoms with E-state index in [0.29, 0.717) is 13.1 Å². The van der Waals surface area contributed by atoms with E-state index >= 15 is 0 Å². The highest BCUT2D eigenvalue weighted by Gasteiger charge is 2.20. The lowest BCUT2D eigenvalue weighted by Crippen LogP contribution is -2.42. The number of nitrogens with one attached hydrogen (secondary N) is 3. The van der Waals surface area contributed by atoms with E-state index in [1.807, 2.05) is 13.8 Å². The Morgan fingerprint density at radius 3 is 2.52 bits per heavy atom. The van der Waals surface area contributed by atoms with Gasteiger partial charge in [0.2, 0.25) is 5.91 Å². The first-order valence-electron chi connectivity index (χ1n) is 9.15. The molecule has 134 valence electrons. The molecule has 0 saturated heterocycles. The number of guanidine groups is 1. The summed E-state index contributed by atoms with van der Waals surface area (Å²) in [6.45, 7) is 8.43. The second-order valence-electron chi connectivity index (χ2n) is 5.86. The molecule has 6 nitrogen and oxygen atoms in total. The Labute approximate surface area is 140 Å². The summed E-state index contributed by atoms with van der Waals surface area (Å²) in [6.07, 6.45) is 6.66. The van der Waals surface area contributed by atoms with Crippen LogP contribution >= 0.6 is 0 Å². The molecule has 3 N–H and O–H groups in total.